The molecule has 160 valence electrons. The quantitative estimate of drug-likeness (QED) is 0.659. The molecule has 0 bridgehead atoms. The van der Waals surface area contributed by atoms with Crippen molar-refractivity contribution in [3.05, 3.63) is 77.9 Å². The van der Waals surface area contributed by atoms with E-state index in [0.717, 1.165) is 38.0 Å². The summed E-state index contributed by atoms with van der Waals surface area (Å²) in [6.07, 6.45) is 5.02. The molecular formula is C24H25FN4O2. The van der Waals surface area contributed by atoms with Crippen molar-refractivity contribution in [3.8, 4) is 17.1 Å². The predicted molar refractivity (Wildman–Crippen MR) is 116 cm³/mol. The molecule has 31 heavy (non-hydrogen) atoms. The normalized spacial score (nSPS) is 14.9. The maximum atomic E-state index is 13.4. The predicted octanol–water partition coefficient (Wildman–Crippen LogP) is 3.69. The molecular weight excluding hydrogens is 395 g/mol. The molecule has 1 aromatic carbocycles. The van der Waals surface area contributed by atoms with Crippen LogP contribution in [0.5, 0.6) is 5.88 Å². The molecule has 0 atom stereocenters. The zero-order valence-electron chi connectivity index (χ0n) is 17.4. The number of pyridine rings is 2. The van der Waals surface area contributed by atoms with Crippen LogP contribution in [0.25, 0.3) is 11.3 Å². The zero-order chi connectivity index (χ0) is 21.6. The number of hydrogen-bond donors (Lipinski definition) is 1. The fourth-order valence-corrected chi connectivity index (χ4v) is 3.82. The Morgan fingerprint density at radius 1 is 1.16 bits per heavy atom. The highest BCUT2D eigenvalue weighted by Crippen LogP contribution is 2.20. The first-order valence-corrected chi connectivity index (χ1v) is 10.4. The maximum absolute atomic E-state index is 13.4. The van der Waals surface area contributed by atoms with Gasteiger partial charge in [-0.1, -0.05) is 18.2 Å². The van der Waals surface area contributed by atoms with Crippen molar-refractivity contribution in [3.63, 3.8) is 0 Å². The topological polar surface area (TPSA) is 67.3 Å². The summed E-state index contributed by atoms with van der Waals surface area (Å²) in [5.41, 5.74) is 2.89. The van der Waals surface area contributed by atoms with Crippen LogP contribution in [0.3, 0.4) is 0 Å². The van der Waals surface area contributed by atoms with E-state index in [2.05, 4.69) is 20.2 Å². The minimum absolute atomic E-state index is 0.127. The average Bonchev–Trinajstić information content (AvgIpc) is 2.81. The van der Waals surface area contributed by atoms with Crippen LogP contribution in [0.1, 0.15) is 28.8 Å². The number of methoxy groups -OCH3 is 1. The number of hydrogen-bond acceptors (Lipinski definition) is 5. The number of carbonyl (C=O) groups is 1. The third-order valence-corrected chi connectivity index (χ3v) is 5.51. The second kappa shape index (κ2) is 9.66. The molecule has 7 heteroatoms. The van der Waals surface area contributed by atoms with Crippen LogP contribution in [-0.4, -0.2) is 47.0 Å². The first-order chi connectivity index (χ1) is 15.1. The minimum Gasteiger partial charge on any atom is -0.481 e. The van der Waals surface area contributed by atoms with Crippen LogP contribution in [0.15, 0.2) is 60.9 Å². The highest BCUT2D eigenvalue weighted by molar-refractivity contribution is 5.94. The molecule has 0 unspecified atom stereocenters. The minimum atomic E-state index is -0.311. The summed E-state index contributed by atoms with van der Waals surface area (Å²) in [7, 11) is 1.63. The molecule has 1 N–H and O–H groups in total. The van der Waals surface area contributed by atoms with Crippen molar-refractivity contribution in [2.75, 3.05) is 20.2 Å². The van der Waals surface area contributed by atoms with Gasteiger partial charge in [-0.3, -0.25) is 14.7 Å². The SMILES string of the molecule is COc1ncccc1CN1CCC(NC(=O)c2ccc(-c3cccc(F)c3)nc2)CC1. The summed E-state index contributed by atoms with van der Waals surface area (Å²) in [6, 6.07) is 13.8. The van der Waals surface area contributed by atoms with E-state index in [9.17, 15) is 9.18 Å². The summed E-state index contributed by atoms with van der Waals surface area (Å²) in [5, 5.41) is 3.11. The van der Waals surface area contributed by atoms with E-state index in [1.54, 1.807) is 43.8 Å². The lowest BCUT2D eigenvalue weighted by Gasteiger charge is -2.32. The Hall–Kier alpha value is -3.32. The molecule has 1 fully saturated rings. The van der Waals surface area contributed by atoms with E-state index in [4.69, 9.17) is 4.74 Å². The number of benzene rings is 1. The fraction of sp³-hybridized carbons (Fsp3) is 0.292. The van der Waals surface area contributed by atoms with Crippen LogP contribution in [0.4, 0.5) is 4.39 Å². The number of ether oxygens (including phenoxy) is 1. The monoisotopic (exact) mass is 420 g/mol. The molecule has 0 saturated carbocycles. The third kappa shape index (κ3) is 5.24. The smallest absolute Gasteiger partial charge is 0.253 e. The molecule has 0 aliphatic carbocycles. The Labute approximate surface area is 181 Å². The fourth-order valence-electron chi connectivity index (χ4n) is 3.82. The highest BCUT2D eigenvalue weighted by atomic mass is 19.1. The average molecular weight is 420 g/mol. The molecule has 1 saturated heterocycles. The van der Waals surface area contributed by atoms with Gasteiger partial charge in [-0.15, -0.1) is 0 Å². The molecule has 1 aliphatic rings. The Morgan fingerprint density at radius 3 is 2.71 bits per heavy atom. The van der Waals surface area contributed by atoms with Gasteiger partial charge in [0.2, 0.25) is 5.88 Å². The Balaban J connectivity index is 1.30. The first kappa shape index (κ1) is 20.9. The van der Waals surface area contributed by atoms with Gasteiger partial charge in [-0.25, -0.2) is 9.37 Å². The number of carbonyl (C=O) groups excluding carboxylic acids is 1. The molecule has 1 aliphatic heterocycles. The number of aromatic nitrogens is 2. The van der Waals surface area contributed by atoms with Crippen molar-refractivity contribution >= 4 is 5.91 Å². The lowest BCUT2D eigenvalue weighted by atomic mass is 10.0. The van der Waals surface area contributed by atoms with E-state index in [-0.39, 0.29) is 17.8 Å². The molecule has 2 aromatic heterocycles. The van der Waals surface area contributed by atoms with E-state index >= 15 is 0 Å². The van der Waals surface area contributed by atoms with Gasteiger partial charge in [0.1, 0.15) is 5.82 Å². The Kier molecular flexibility index (Phi) is 6.52. The molecule has 1 amide bonds. The number of nitrogens with zero attached hydrogens (tertiary/aromatic N) is 3. The summed E-state index contributed by atoms with van der Waals surface area (Å²) < 4.78 is 18.7. The first-order valence-electron chi connectivity index (χ1n) is 10.4. The second-order valence-electron chi connectivity index (χ2n) is 7.64. The molecule has 4 rings (SSSR count). The standard InChI is InChI=1S/C24H25FN4O2/c1-31-24-19(5-3-11-26-24)16-29-12-9-21(10-13-29)28-23(30)18-7-8-22(27-15-18)17-4-2-6-20(25)14-17/h2-8,11,14-15,21H,9-10,12-13,16H2,1H3,(H,28,30). The van der Waals surface area contributed by atoms with Gasteiger partial charge in [0.05, 0.1) is 18.4 Å². The summed E-state index contributed by atoms with van der Waals surface area (Å²) in [6.45, 7) is 2.56. The van der Waals surface area contributed by atoms with Crippen molar-refractivity contribution in [2.24, 2.45) is 0 Å². The summed E-state index contributed by atoms with van der Waals surface area (Å²) >= 11 is 0. The van der Waals surface area contributed by atoms with E-state index < -0.39 is 0 Å². The molecule has 0 radical (unpaired) electrons. The second-order valence-corrected chi connectivity index (χ2v) is 7.64. The van der Waals surface area contributed by atoms with Crippen LogP contribution in [0.2, 0.25) is 0 Å². The van der Waals surface area contributed by atoms with Crippen molar-refractivity contribution in [2.45, 2.75) is 25.4 Å². The van der Waals surface area contributed by atoms with Crippen molar-refractivity contribution in [1.29, 1.82) is 0 Å². The Morgan fingerprint density at radius 2 is 2.00 bits per heavy atom. The molecule has 0 spiro atoms. The molecule has 3 aromatic rings. The van der Waals surface area contributed by atoms with Crippen molar-refractivity contribution in [1.82, 2.24) is 20.2 Å². The van der Waals surface area contributed by atoms with Crippen molar-refractivity contribution < 1.29 is 13.9 Å². The number of halogens is 1. The van der Waals surface area contributed by atoms with Gasteiger partial charge < -0.3 is 10.1 Å². The lowest BCUT2D eigenvalue weighted by Crippen LogP contribution is -2.44. The lowest BCUT2D eigenvalue weighted by molar-refractivity contribution is 0.0908. The van der Waals surface area contributed by atoms with Gasteiger partial charge in [-0.2, -0.15) is 0 Å². The van der Waals surface area contributed by atoms with Gasteiger partial charge >= 0.3 is 0 Å². The number of nitrogens with one attached hydrogen (secondary N) is 1. The molecule has 3 heterocycles. The van der Waals surface area contributed by atoms with Crippen LogP contribution in [0, 0.1) is 5.82 Å². The van der Waals surface area contributed by atoms with Crippen LogP contribution in [-0.2, 0) is 6.54 Å². The number of piperidine rings is 1. The van der Waals surface area contributed by atoms with Crippen LogP contribution < -0.4 is 10.1 Å². The van der Waals surface area contributed by atoms with E-state index in [0.29, 0.717) is 22.7 Å². The highest BCUT2D eigenvalue weighted by Gasteiger charge is 2.22. The molecule has 6 nitrogen and oxygen atoms in total. The maximum Gasteiger partial charge on any atom is 0.253 e. The third-order valence-electron chi connectivity index (χ3n) is 5.51. The number of likely N-dealkylation sites (tertiary alicyclic amines) is 1. The van der Waals surface area contributed by atoms with Gasteiger partial charge in [0.15, 0.2) is 0 Å². The van der Waals surface area contributed by atoms with E-state index in [1.807, 2.05) is 12.1 Å². The van der Waals surface area contributed by atoms with Gasteiger partial charge in [-0.05, 0) is 43.2 Å². The Bertz CT molecular complexity index is 1030. The van der Waals surface area contributed by atoms with Gasteiger partial charge in [0.25, 0.3) is 5.91 Å². The summed E-state index contributed by atoms with van der Waals surface area (Å²) in [4.78, 5) is 23.5. The van der Waals surface area contributed by atoms with E-state index in [1.165, 1.54) is 12.1 Å². The summed E-state index contributed by atoms with van der Waals surface area (Å²) in [5.74, 6) is 0.215. The van der Waals surface area contributed by atoms with Crippen LogP contribution >= 0.6 is 0 Å². The number of amides is 1. The number of rotatable bonds is 6. The largest absolute Gasteiger partial charge is 0.481 e. The van der Waals surface area contributed by atoms with Gasteiger partial charge in [0, 0.05) is 49.2 Å². The zero-order valence-corrected chi connectivity index (χ0v) is 17.4.